The van der Waals surface area contributed by atoms with Crippen LogP contribution in [0.25, 0.3) is 0 Å². The molecule has 0 radical (unpaired) electrons. The van der Waals surface area contributed by atoms with Gasteiger partial charge < -0.3 is 10.1 Å². The van der Waals surface area contributed by atoms with E-state index in [1.807, 2.05) is 23.0 Å². The van der Waals surface area contributed by atoms with Crippen molar-refractivity contribution >= 4 is 0 Å². The van der Waals surface area contributed by atoms with Gasteiger partial charge in [-0.3, -0.25) is 4.68 Å². The highest BCUT2D eigenvalue weighted by Gasteiger charge is 2.02. The number of nitrogens with zero attached hydrogens (tertiary/aromatic N) is 3. The average molecular weight is 288 g/mol. The van der Waals surface area contributed by atoms with E-state index in [9.17, 15) is 0 Å². The number of hydrogen-bond acceptors (Lipinski definition) is 4. The maximum absolute atomic E-state index is 5.17. The molecule has 0 aliphatic carbocycles. The molecule has 5 nitrogen and oxygen atoms in total. The highest BCUT2D eigenvalue weighted by molar-refractivity contribution is 5.27. The second kappa shape index (κ2) is 8.42. The predicted molar refractivity (Wildman–Crippen MR) is 83.4 cm³/mol. The number of ether oxygens (including phenoxy) is 1. The Morgan fingerprint density at radius 3 is 2.76 bits per heavy atom. The van der Waals surface area contributed by atoms with Gasteiger partial charge in [-0.2, -0.15) is 0 Å². The van der Waals surface area contributed by atoms with Crippen molar-refractivity contribution in [3.05, 3.63) is 42.2 Å². The van der Waals surface area contributed by atoms with E-state index in [0.717, 1.165) is 38.1 Å². The van der Waals surface area contributed by atoms with Crippen LogP contribution in [0.5, 0.6) is 5.75 Å². The molecule has 5 heteroatoms. The van der Waals surface area contributed by atoms with Crippen molar-refractivity contribution in [3.8, 4) is 5.75 Å². The predicted octanol–water partition coefficient (Wildman–Crippen LogP) is 2.29. The van der Waals surface area contributed by atoms with Crippen LogP contribution in [-0.2, 0) is 13.0 Å². The van der Waals surface area contributed by atoms with Crippen molar-refractivity contribution in [2.24, 2.45) is 0 Å². The van der Waals surface area contributed by atoms with Gasteiger partial charge in [0.1, 0.15) is 5.75 Å². The molecular weight excluding hydrogens is 264 g/mol. The summed E-state index contributed by atoms with van der Waals surface area (Å²) in [6.07, 6.45) is 6.89. The first-order valence-electron chi connectivity index (χ1n) is 7.48. The van der Waals surface area contributed by atoms with Gasteiger partial charge in [0.15, 0.2) is 0 Å². The van der Waals surface area contributed by atoms with Gasteiger partial charge in [0.25, 0.3) is 0 Å². The Bertz CT molecular complexity index is 496. The minimum Gasteiger partial charge on any atom is -0.497 e. The summed E-state index contributed by atoms with van der Waals surface area (Å²) in [5.41, 5.74) is 1.35. The maximum atomic E-state index is 5.17. The highest BCUT2D eigenvalue weighted by Crippen LogP contribution is 2.13. The van der Waals surface area contributed by atoms with Crippen molar-refractivity contribution < 1.29 is 4.74 Å². The van der Waals surface area contributed by atoms with Crippen LogP contribution in [0.3, 0.4) is 0 Å². The summed E-state index contributed by atoms with van der Waals surface area (Å²) in [5, 5.41) is 11.3. The zero-order valence-electron chi connectivity index (χ0n) is 12.8. The lowest BCUT2D eigenvalue weighted by Gasteiger charge is -2.13. The molecular formula is C16H24N4O. The first kappa shape index (κ1) is 15.5. The molecule has 1 aromatic heterocycles. The number of aryl methyl sites for hydroxylation is 2. The molecule has 0 fully saturated rings. The first-order valence-corrected chi connectivity index (χ1v) is 7.48. The van der Waals surface area contributed by atoms with Crippen molar-refractivity contribution in [1.29, 1.82) is 0 Å². The molecule has 0 amide bonds. The van der Waals surface area contributed by atoms with Gasteiger partial charge in [-0.1, -0.05) is 17.3 Å². The molecule has 0 aliphatic heterocycles. The second-order valence-electron chi connectivity index (χ2n) is 5.26. The number of aromatic nitrogens is 3. The van der Waals surface area contributed by atoms with Crippen molar-refractivity contribution in [2.75, 3.05) is 13.7 Å². The van der Waals surface area contributed by atoms with Crippen molar-refractivity contribution in [3.63, 3.8) is 0 Å². The highest BCUT2D eigenvalue weighted by atomic mass is 16.5. The Morgan fingerprint density at radius 1 is 1.29 bits per heavy atom. The van der Waals surface area contributed by atoms with E-state index < -0.39 is 0 Å². The van der Waals surface area contributed by atoms with Crippen LogP contribution >= 0.6 is 0 Å². The van der Waals surface area contributed by atoms with E-state index in [-0.39, 0.29) is 0 Å². The summed E-state index contributed by atoms with van der Waals surface area (Å²) in [6.45, 7) is 4.15. The number of nitrogens with one attached hydrogen (secondary N) is 1. The molecule has 0 saturated carbocycles. The number of hydrogen-bond donors (Lipinski definition) is 1. The van der Waals surface area contributed by atoms with Gasteiger partial charge in [0, 0.05) is 18.8 Å². The first-order chi connectivity index (χ1) is 10.3. The van der Waals surface area contributed by atoms with Crippen LogP contribution in [0.2, 0.25) is 0 Å². The Balaban J connectivity index is 1.59. The maximum Gasteiger partial charge on any atom is 0.118 e. The van der Waals surface area contributed by atoms with Crippen LogP contribution in [0.15, 0.2) is 36.7 Å². The Morgan fingerprint density at radius 2 is 2.10 bits per heavy atom. The zero-order valence-corrected chi connectivity index (χ0v) is 12.8. The SMILES string of the molecule is COc1ccc(CCC(C)NCCCn2ccnn2)cc1. The number of methoxy groups -OCH3 is 1. The fraction of sp³-hybridized carbons (Fsp3) is 0.500. The van der Waals surface area contributed by atoms with Crippen LogP contribution in [0.1, 0.15) is 25.3 Å². The molecule has 21 heavy (non-hydrogen) atoms. The lowest BCUT2D eigenvalue weighted by Crippen LogP contribution is -2.28. The third-order valence-corrected chi connectivity index (χ3v) is 3.55. The topological polar surface area (TPSA) is 52.0 Å². The molecule has 1 heterocycles. The van der Waals surface area contributed by atoms with E-state index in [0.29, 0.717) is 6.04 Å². The summed E-state index contributed by atoms with van der Waals surface area (Å²) < 4.78 is 7.03. The molecule has 1 atom stereocenters. The summed E-state index contributed by atoms with van der Waals surface area (Å²) >= 11 is 0. The number of benzene rings is 1. The van der Waals surface area contributed by atoms with Crippen molar-refractivity contribution in [1.82, 2.24) is 20.3 Å². The molecule has 114 valence electrons. The van der Waals surface area contributed by atoms with Crippen LogP contribution in [0, 0.1) is 0 Å². The molecule has 2 aromatic rings. The smallest absolute Gasteiger partial charge is 0.118 e. The van der Waals surface area contributed by atoms with Gasteiger partial charge >= 0.3 is 0 Å². The standard InChI is InChI=1S/C16H24N4O/c1-14(17-10-3-12-20-13-11-18-19-20)4-5-15-6-8-16(21-2)9-7-15/h6-9,11,13-14,17H,3-5,10,12H2,1-2H3. The monoisotopic (exact) mass is 288 g/mol. The zero-order chi connectivity index (χ0) is 14.9. The van der Waals surface area contributed by atoms with Gasteiger partial charge in [-0.15, -0.1) is 5.10 Å². The van der Waals surface area contributed by atoms with Gasteiger partial charge in [0.2, 0.25) is 0 Å². The van der Waals surface area contributed by atoms with E-state index >= 15 is 0 Å². The molecule has 0 saturated heterocycles. The van der Waals surface area contributed by atoms with E-state index in [1.54, 1.807) is 13.3 Å². The largest absolute Gasteiger partial charge is 0.497 e. The summed E-state index contributed by atoms with van der Waals surface area (Å²) in [6, 6.07) is 8.83. The van der Waals surface area contributed by atoms with Crippen LogP contribution in [-0.4, -0.2) is 34.7 Å². The van der Waals surface area contributed by atoms with Gasteiger partial charge in [-0.05, 0) is 50.4 Å². The normalized spacial score (nSPS) is 12.3. The molecule has 0 aliphatic rings. The second-order valence-corrected chi connectivity index (χ2v) is 5.26. The summed E-state index contributed by atoms with van der Waals surface area (Å²) in [4.78, 5) is 0. The van der Waals surface area contributed by atoms with Crippen LogP contribution in [0.4, 0.5) is 0 Å². The van der Waals surface area contributed by atoms with E-state index in [1.165, 1.54) is 5.56 Å². The average Bonchev–Trinajstić information content (AvgIpc) is 3.03. The Kier molecular flexibility index (Phi) is 6.22. The molecule has 1 unspecified atom stereocenters. The minimum atomic E-state index is 0.517. The van der Waals surface area contributed by atoms with Gasteiger partial charge in [-0.25, -0.2) is 0 Å². The fourth-order valence-corrected chi connectivity index (χ4v) is 2.22. The lowest BCUT2D eigenvalue weighted by atomic mass is 10.1. The quantitative estimate of drug-likeness (QED) is 0.719. The third kappa shape index (κ3) is 5.55. The van der Waals surface area contributed by atoms with E-state index in [4.69, 9.17) is 4.74 Å². The third-order valence-electron chi connectivity index (χ3n) is 3.55. The Labute approximate surface area is 126 Å². The molecule has 0 bridgehead atoms. The summed E-state index contributed by atoms with van der Waals surface area (Å²) in [5.74, 6) is 0.915. The molecule has 1 aromatic carbocycles. The molecule has 1 N–H and O–H groups in total. The van der Waals surface area contributed by atoms with Gasteiger partial charge in [0.05, 0.1) is 13.3 Å². The molecule has 2 rings (SSSR count). The molecule has 0 spiro atoms. The minimum absolute atomic E-state index is 0.517. The van der Waals surface area contributed by atoms with E-state index in [2.05, 4.69) is 34.7 Å². The summed E-state index contributed by atoms with van der Waals surface area (Å²) in [7, 11) is 1.69. The van der Waals surface area contributed by atoms with Crippen molar-refractivity contribution in [2.45, 2.75) is 38.8 Å². The Hall–Kier alpha value is -1.88. The fourth-order valence-electron chi connectivity index (χ4n) is 2.22. The lowest BCUT2D eigenvalue weighted by molar-refractivity contribution is 0.414. The number of rotatable bonds is 9. The van der Waals surface area contributed by atoms with Crippen LogP contribution < -0.4 is 10.1 Å².